The average Bonchev–Trinajstić information content (AvgIpc) is 2.82. The van der Waals surface area contributed by atoms with Gasteiger partial charge in [0.2, 0.25) is 5.67 Å². The number of hydrogen-bond donors (Lipinski definition) is 6. The molecule has 1 aromatic heterocycles. The number of phosphoric ester groups is 1. The van der Waals surface area contributed by atoms with E-state index in [-0.39, 0.29) is 0 Å². The number of alkyl halides is 1. The van der Waals surface area contributed by atoms with Crippen LogP contribution in [-0.4, -0.2) is 58.7 Å². The number of phosphoric acid groups is 3. The Morgan fingerprint density at radius 1 is 1.23 bits per heavy atom. The molecule has 0 aromatic carbocycles. The van der Waals surface area contributed by atoms with Crippen LogP contribution in [0, 0.1) is 12.3 Å². The Labute approximate surface area is 170 Å². The molecule has 2 unspecified atom stereocenters. The van der Waals surface area contributed by atoms with Crippen molar-refractivity contribution in [3.05, 3.63) is 33.1 Å². The van der Waals surface area contributed by atoms with Crippen molar-refractivity contribution in [1.82, 2.24) is 9.55 Å². The van der Waals surface area contributed by atoms with Crippen LogP contribution in [0.5, 0.6) is 0 Å². The van der Waals surface area contributed by atoms with Crippen molar-refractivity contribution >= 4 is 23.5 Å². The summed E-state index contributed by atoms with van der Waals surface area (Å²) in [6.07, 6.45) is -0.315. The Kier molecular flexibility index (Phi) is 7.31. The standard InChI is InChI=1S/C11H14FN2O14P3/c1-2-11(12)8(16)6(26-9(11)14-4-3-7(15)13-10(14)17)5-25-30(21,22)28-31(23,24)27-29(18,19)20/h1,3-4,6,8-9,16H,5H2,(H,21,22)(H,23,24)(H,13,15,17)(H2,18,19,20)/t6-,8-,9-,11-/m1/s1. The molecule has 2 heterocycles. The van der Waals surface area contributed by atoms with Gasteiger partial charge >= 0.3 is 29.2 Å². The van der Waals surface area contributed by atoms with E-state index in [1.807, 2.05) is 0 Å². The van der Waals surface area contributed by atoms with E-state index < -0.39 is 65.4 Å². The van der Waals surface area contributed by atoms with Gasteiger partial charge in [0, 0.05) is 12.3 Å². The third-order valence-corrected chi connectivity index (χ3v) is 7.39. The number of ether oxygens (including phenoxy) is 1. The summed E-state index contributed by atoms with van der Waals surface area (Å²) in [4.78, 5) is 60.2. The predicted octanol–water partition coefficient (Wildman–Crippen LogP) is -1.52. The minimum Gasteiger partial charge on any atom is -0.386 e. The normalized spacial score (nSPS) is 30.3. The van der Waals surface area contributed by atoms with Gasteiger partial charge < -0.3 is 29.4 Å². The van der Waals surface area contributed by atoms with Crippen molar-refractivity contribution in [1.29, 1.82) is 0 Å². The Morgan fingerprint density at radius 2 is 1.84 bits per heavy atom. The van der Waals surface area contributed by atoms with E-state index in [0.717, 1.165) is 12.3 Å². The van der Waals surface area contributed by atoms with Crippen LogP contribution in [0.3, 0.4) is 0 Å². The fourth-order valence-electron chi connectivity index (χ4n) is 2.39. The van der Waals surface area contributed by atoms with Gasteiger partial charge in [-0.3, -0.25) is 18.9 Å². The van der Waals surface area contributed by atoms with Gasteiger partial charge in [0.1, 0.15) is 12.2 Å². The van der Waals surface area contributed by atoms with Crippen molar-refractivity contribution in [2.45, 2.75) is 24.1 Å². The maximum atomic E-state index is 15.1. The van der Waals surface area contributed by atoms with Crippen LogP contribution < -0.4 is 11.2 Å². The Bertz CT molecular complexity index is 1140. The predicted molar refractivity (Wildman–Crippen MR) is 93.7 cm³/mol. The van der Waals surface area contributed by atoms with Crippen molar-refractivity contribution in [3.8, 4) is 12.3 Å². The molecule has 1 fully saturated rings. The van der Waals surface area contributed by atoms with Gasteiger partial charge in [-0.2, -0.15) is 8.62 Å². The van der Waals surface area contributed by atoms with Crippen LogP contribution in [0.4, 0.5) is 4.39 Å². The monoisotopic (exact) mass is 510 g/mol. The molecule has 1 aliphatic heterocycles. The first kappa shape index (κ1) is 25.8. The lowest BCUT2D eigenvalue weighted by Crippen LogP contribution is -2.45. The minimum absolute atomic E-state index is 0.481. The number of aliphatic hydroxyl groups excluding tert-OH is 1. The second-order valence-electron chi connectivity index (χ2n) is 5.79. The molecule has 6 N–H and O–H groups in total. The lowest BCUT2D eigenvalue weighted by Gasteiger charge is -2.23. The maximum Gasteiger partial charge on any atom is 0.490 e. The van der Waals surface area contributed by atoms with Gasteiger partial charge in [-0.05, 0) is 0 Å². The second kappa shape index (κ2) is 8.80. The molecule has 6 atom stereocenters. The average molecular weight is 510 g/mol. The zero-order chi connectivity index (χ0) is 23.8. The van der Waals surface area contributed by atoms with E-state index in [0.29, 0.717) is 4.57 Å². The number of nitrogens with zero attached hydrogens (tertiary/aromatic N) is 1. The van der Waals surface area contributed by atoms with Crippen LogP contribution in [0.1, 0.15) is 6.23 Å². The number of aromatic nitrogens is 2. The molecule has 1 aromatic rings. The van der Waals surface area contributed by atoms with Crippen molar-refractivity contribution in [2.75, 3.05) is 6.61 Å². The van der Waals surface area contributed by atoms with Crippen LogP contribution >= 0.6 is 23.5 Å². The largest absolute Gasteiger partial charge is 0.490 e. The number of halogens is 1. The molecule has 174 valence electrons. The van der Waals surface area contributed by atoms with Crippen LogP contribution in [-0.2, 0) is 31.6 Å². The highest BCUT2D eigenvalue weighted by Gasteiger charge is 2.58. The van der Waals surface area contributed by atoms with E-state index in [4.69, 9.17) is 25.8 Å². The van der Waals surface area contributed by atoms with Crippen molar-refractivity contribution in [3.63, 3.8) is 0 Å². The quantitative estimate of drug-likeness (QED) is 0.172. The minimum atomic E-state index is -5.80. The molecule has 31 heavy (non-hydrogen) atoms. The van der Waals surface area contributed by atoms with Gasteiger partial charge in [-0.25, -0.2) is 22.9 Å². The summed E-state index contributed by atoms with van der Waals surface area (Å²) in [5, 5.41) is 10.1. The van der Waals surface area contributed by atoms with E-state index in [2.05, 4.69) is 13.1 Å². The van der Waals surface area contributed by atoms with Gasteiger partial charge in [-0.1, -0.05) is 5.92 Å². The van der Waals surface area contributed by atoms with Gasteiger partial charge in [0.05, 0.1) is 6.61 Å². The summed E-state index contributed by atoms with van der Waals surface area (Å²) < 4.78 is 65.5. The van der Waals surface area contributed by atoms with Gasteiger partial charge in [-0.15, -0.1) is 6.42 Å². The molecule has 0 bridgehead atoms. The van der Waals surface area contributed by atoms with E-state index >= 15 is 4.39 Å². The number of aliphatic hydroxyl groups is 1. The molecular weight excluding hydrogens is 496 g/mol. The van der Waals surface area contributed by atoms with Crippen molar-refractivity contribution < 1.29 is 60.6 Å². The molecule has 0 spiro atoms. The van der Waals surface area contributed by atoms with Crippen LogP contribution in [0.2, 0.25) is 0 Å². The molecule has 0 aliphatic carbocycles. The second-order valence-corrected chi connectivity index (χ2v) is 10.2. The van der Waals surface area contributed by atoms with E-state index in [1.165, 1.54) is 0 Å². The zero-order valence-corrected chi connectivity index (χ0v) is 17.4. The maximum absolute atomic E-state index is 15.1. The summed E-state index contributed by atoms with van der Waals surface area (Å²) >= 11 is 0. The van der Waals surface area contributed by atoms with Gasteiger partial charge in [0.25, 0.3) is 5.56 Å². The number of terminal acetylenes is 1. The summed E-state index contributed by atoms with van der Waals surface area (Å²) in [6, 6.07) is 0.813. The smallest absolute Gasteiger partial charge is 0.386 e. The van der Waals surface area contributed by atoms with Crippen molar-refractivity contribution in [2.24, 2.45) is 0 Å². The summed E-state index contributed by atoms with van der Waals surface area (Å²) in [5.41, 5.74) is -5.11. The highest BCUT2D eigenvalue weighted by Crippen LogP contribution is 2.66. The molecular formula is C11H14FN2O14P3. The number of hydrogen-bond acceptors (Lipinski definition) is 10. The third-order valence-electron chi connectivity index (χ3n) is 3.59. The Morgan fingerprint density at radius 3 is 2.35 bits per heavy atom. The number of rotatable bonds is 8. The molecule has 0 radical (unpaired) electrons. The topological polar surface area (TPSA) is 244 Å². The summed E-state index contributed by atoms with van der Waals surface area (Å²) in [6.45, 7) is -1.23. The molecule has 0 amide bonds. The van der Waals surface area contributed by atoms with Gasteiger partial charge in [0.15, 0.2) is 6.23 Å². The highest BCUT2D eigenvalue weighted by atomic mass is 31.3. The fraction of sp³-hybridized carbons (Fsp3) is 0.455. The molecule has 20 heteroatoms. The lowest BCUT2D eigenvalue weighted by atomic mass is 9.97. The molecule has 1 aliphatic rings. The molecule has 0 saturated carbocycles. The van der Waals surface area contributed by atoms with Crippen LogP contribution in [0.15, 0.2) is 21.9 Å². The number of H-pyrrole nitrogens is 1. The van der Waals surface area contributed by atoms with Crippen LogP contribution in [0.25, 0.3) is 0 Å². The SMILES string of the molecule is C#C[C@@]1(F)[C@H](O)[C@@H](COP(=O)(O)OP(=O)(O)OP(=O)(O)O)O[C@H]1n1ccc(=O)[nH]c1=O. The van der Waals surface area contributed by atoms with E-state index in [9.17, 15) is 33.3 Å². The fourth-order valence-corrected chi connectivity index (χ4v) is 5.42. The highest BCUT2D eigenvalue weighted by molar-refractivity contribution is 7.66. The Balaban J connectivity index is 2.19. The zero-order valence-electron chi connectivity index (χ0n) is 14.7. The molecule has 2 rings (SSSR count). The number of aromatic amines is 1. The molecule has 16 nitrogen and oxygen atoms in total. The number of nitrogens with one attached hydrogen (secondary N) is 1. The first-order chi connectivity index (χ1) is 14.0. The first-order valence-electron chi connectivity index (χ1n) is 7.60. The lowest BCUT2D eigenvalue weighted by molar-refractivity contribution is -0.0535. The Hall–Kier alpha value is -1.50. The first-order valence-corrected chi connectivity index (χ1v) is 12.1. The third kappa shape index (κ3) is 6.27. The molecule has 1 saturated heterocycles. The van der Waals surface area contributed by atoms with E-state index in [1.54, 1.807) is 10.9 Å². The summed E-state index contributed by atoms with van der Waals surface area (Å²) in [7, 11) is -17.0. The summed E-state index contributed by atoms with van der Waals surface area (Å²) in [5.74, 6) is 1.57.